The summed E-state index contributed by atoms with van der Waals surface area (Å²) in [5, 5.41) is 0. The standard InChI is InChI=1S/C18H16BF3NO2/c20-19(21,22)14-8-5-7-13(12-14)6-3-4-11-23-17(24)15-9-1-2-10-16(15)18(23)25/h1-2,5,7-10,12H,3-4,6,11H2/q-1. The van der Waals surface area contributed by atoms with Gasteiger partial charge in [-0.25, -0.2) is 0 Å². The highest BCUT2D eigenvalue weighted by Crippen LogP contribution is 2.22. The Morgan fingerprint density at radius 3 is 2.08 bits per heavy atom. The molecule has 0 aliphatic carbocycles. The zero-order valence-electron chi connectivity index (χ0n) is 13.4. The molecule has 7 heteroatoms. The first-order valence-corrected chi connectivity index (χ1v) is 8.12. The van der Waals surface area contributed by atoms with Gasteiger partial charge in [-0.15, -0.1) is 5.46 Å². The molecule has 0 unspecified atom stereocenters. The zero-order chi connectivity index (χ0) is 18.0. The normalized spacial score (nSPS) is 14.1. The molecule has 0 fully saturated rings. The van der Waals surface area contributed by atoms with Gasteiger partial charge in [0.05, 0.1) is 11.1 Å². The highest BCUT2D eigenvalue weighted by molar-refractivity contribution is 6.73. The van der Waals surface area contributed by atoms with Crippen LogP contribution < -0.4 is 5.46 Å². The van der Waals surface area contributed by atoms with Gasteiger partial charge in [0.1, 0.15) is 0 Å². The molecule has 0 spiro atoms. The summed E-state index contributed by atoms with van der Waals surface area (Å²) in [6.07, 6.45) is 1.62. The summed E-state index contributed by atoms with van der Waals surface area (Å²) in [6, 6.07) is 12.0. The van der Waals surface area contributed by atoms with Crippen LogP contribution >= 0.6 is 0 Å². The van der Waals surface area contributed by atoms with Gasteiger partial charge in [-0.3, -0.25) is 14.5 Å². The van der Waals surface area contributed by atoms with Crippen LogP contribution in [-0.4, -0.2) is 30.2 Å². The summed E-state index contributed by atoms with van der Waals surface area (Å²) < 4.78 is 38.3. The molecule has 0 aromatic heterocycles. The van der Waals surface area contributed by atoms with Crippen molar-refractivity contribution < 1.29 is 22.5 Å². The number of unbranched alkanes of at least 4 members (excludes halogenated alkanes) is 1. The van der Waals surface area contributed by atoms with Gasteiger partial charge in [-0.2, -0.15) is 0 Å². The number of nitrogens with zero attached hydrogens (tertiary/aromatic N) is 1. The molecule has 0 radical (unpaired) electrons. The van der Waals surface area contributed by atoms with E-state index in [0.29, 0.717) is 36.0 Å². The molecule has 3 rings (SSSR count). The van der Waals surface area contributed by atoms with Crippen LogP contribution in [0.5, 0.6) is 0 Å². The molecular weight excluding hydrogens is 330 g/mol. The largest absolute Gasteiger partial charge is 0.509 e. The highest BCUT2D eigenvalue weighted by Gasteiger charge is 2.34. The van der Waals surface area contributed by atoms with Crippen LogP contribution in [0, 0.1) is 0 Å². The maximum absolute atomic E-state index is 12.8. The van der Waals surface area contributed by atoms with Crippen LogP contribution in [0.15, 0.2) is 48.5 Å². The molecule has 0 saturated heterocycles. The van der Waals surface area contributed by atoms with E-state index in [1.165, 1.54) is 17.0 Å². The summed E-state index contributed by atoms with van der Waals surface area (Å²) in [4.78, 5) is 25.6. The molecule has 0 saturated carbocycles. The third-order valence-electron chi connectivity index (χ3n) is 4.30. The fourth-order valence-corrected chi connectivity index (χ4v) is 2.99. The number of carbonyl (C=O) groups excluding carboxylic acids is 2. The van der Waals surface area contributed by atoms with E-state index in [-0.39, 0.29) is 18.4 Å². The van der Waals surface area contributed by atoms with Crippen molar-refractivity contribution in [2.24, 2.45) is 0 Å². The first-order valence-electron chi connectivity index (χ1n) is 8.12. The highest BCUT2D eigenvalue weighted by atomic mass is 19.4. The predicted octanol–water partition coefficient (Wildman–Crippen LogP) is 3.36. The van der Waals surface area contributed by atoms with Crippen molar-refractivity contribution in [2.45, 2.75) is 19.3 Å². The lowest BCUT2D eigenvalue weighted by atomic mass is 9.79. The van der Waals surface area contributed by atoms with Gasteiger partial charge in [-0.05, 0) is 31.4 Å². The first kappa shape index (κ1) is 17.3. The van der Waals surface area contributed by atoms with Gasteiger partial charge in [0.2, 0.25) is 0 Å². The molecule has 1 aliphatic heterocycles. The van der Waals surface area contributed by atoms with Gasteiger partial charge < -0.3 is 12.9 Å². The van der Waals surface area contributed by atoms with Gasteiger partial charge in [0, 0.05) is 6.54 Å². The van der Waals surface area contributed by atoms with E-state index in [1.807, 2.05) is 0 Å². The molecule has 0 N–H and O–H groups in total. The number of hydrogen-bond donors (Lipinski definition) is 0. The number of imide groups is 1. The molecule has 2 amide bonds. The molecule has 1 aliphatic rings. The minimum atomic E-state index is -5.00. The zero-order valence-corrected chi connectivity index (χ0v) is 13.4. The van der Waals surface area contributed by atoms with Crippen molar-refractivity contribution in [1.82, 2.24) is 4.90 Å². The van der Waals surface area contributed by atoms with Crippen LogP contribution in [0.1, 0.15) is 39.1 Å². The first-order chi connectivity index (χ1) is 11.9. The number of aryl methyl sites for hydroxylation is 1. The number of hydrogen-bond acceptors (Lipinski definition) is 2. The fourth-order valence-electron chi connectivity index (χ4n) is 2.99. The number of fused-ring (bicyclic) bond motifs is 1. The van der Waals surface area contributed by atoms with Crippen LogP contribution in [0.2, 0.25) is 0 Å². The van der Waals surface area contributed by atoms with E-state index < -0.39 is 12.4 Å². The van der Waals surface area contributed by atoms with Crippen molar-refractivity contribution in [3.8, 4) is 0 Å². The third-order valence-corrected chi connectivity index (χ3v) is 4.30. The summed E-state index contributed by atoms with van der Waals surface area (Å²) in [7, 11) is 0. The Morgan fingerprint density at radius 1 is 0.840 bits per heavy atom. The van der Waals surface area contributed by atoms with Crippen molar-refractivity contribution in [3.63, 3.8) is 0 Å². The molecule has 1 heterocycles. The van der Waals surface area contributed by atoms with Crippen molar-refractivity contribution >= 4 is 24.3 Å². The number of carbonyl (C=O) groups is 2. The Kier molecular flexibility index (Phi) is 4.66. The van der Waals surface area contributed by atoms with Gasteiger partial charge in [0.15, 0.2) is 0 Å². The Hall–Kier alpha value is -2.57. The van der Waals surface area contributed by atoms with Crippen molar-refractivity contribution in [2.75, 3.05) is 6.54 Å². The van der Waals surface area contributed by atoms with Crippen LogP contribution in [0.25, 0.3) is 0 Å². The van der Waals surface area contributed by atoms with Crippen LogP contribution in [0.4, 0.5) is 12.9 Å². The van der Waals surface area contributed by atoms with Crippen molar-refractivity contribution in [1.29, 1.82) is 0 Å². The van der Waals surface area contributed by atoms with Gasteiger partial charge in [-0.1, -0.05) is 42.0 Å². The smallest absolute Gasteiger partial charge is 0.445 e. The minimum absolute atomic E-state index is 0.273. The number of halogens is 3. The second-order valence-corrected chi connectivity index (χ2v) is 6.08. The molecule has 130 valence electrons. The molecular formula is C18H16BF3NO2-. The third kappa shape index (κ3) is 3.60. The van der Waals surface area contributed by atoms with Gasteiger partial charge in [0.25, 0.3) is 11.8 Å². The Bertz CT molecular complexity index is 785. The lowest BCUT2D eigenvalue weighted by Gasteiger charge is -2.16. The quantitative estimate of drug-likeness (QED) is 0.457. The summed E-state index contributed by atoms with van der Waals surface area (Å²) in [5.74, 6) is -0.607. The SMILES string of the molecule is O=C1c2ccccc2C(=O)N1CCCCc1cccc([B-](F)(F)F)c1. The Morgan fingerprint density at radius 2 is 1.48 bits per heavy atom. The molecule has 2 aromatic carbocycles. The summed E-state index contributed by atoms with van der Waals surface area (Å²) >= 11 is 0. The van der Waals surface area contributed by atoms with E-state index in [0.717, 1.165) is 6.07 Å². The van der Waals surface area contributed by atoms with Crippen LogP contribution in [-0.2, 0) is 6.42 Å². The van der Waals surface area contributed by atoms with E-state index >= 15 is 0 Å². The topological polar surface area (TPSA) is 37.4 Å². The number of benzene rings is 2. The van der Waals surface area contributed by atoms with E-state index in [4.69, 9.17) is 0 Å². The monoisotopic (exact) mass is 346 g/mol. The number of amides is 2. The summed E-state index contributed by atoms with van der Waals surface area (Å²) in [5.41, 5.74) is 0.831. The second kappa shape index (κ2) is 6.74. The van der Waals surface area contributed by atoms with E-state index in [2.05, 4.69) is 0 Å². The minimum Gasteiger partial charge on any atom is -0.445 e. The van der Waals surface area contributed by atoms with E-state index in [9.17, 15) is 22.5 Å². The van der Waals surface area contributed by atoms with Crippen LogP contribution in [0.3, 0.4) is 0 Å². The average Bonchev–Trinajstić information content (AvgIpc) is 2.83. The molecule has 0 atom stereocenters. The Labute approximate surface area is 143 Å². The number of rotatable bonds is 6. The molecule has 25 heavy (non-hydrogen) atoms. The predicted molar refractivity (Wildman–Crippen MR) is 89.9 cm³/mol. The lowest BCUT2D eigenvalue weighted by Crippen LogP contribution is -2.34. The Balaban J connectivity index is 1.55. The maximum Gasteiger partial charge on any atom is 0.509 e. The lowest BCUT2D eigenvalue weighted by molar-refractivity contribution is 0.0652. The summed E-state index contributed by atoms with van der Waals surface area (Å²) in [6.45, 7) is -4.72. The molecule has 2 aromatic rings. The van der Waals surface area contributed by atoms with Crippen molar-refractivity contribution in [3.05, 3.63) is 65.2 Å². The average molecular weight is 346 g/mol. The van der Waals surface area contributed by atoms with E-state index in [1.54, 1.807) is 30.3 Å². The van der Waals surface area contributed by atoms with Gasteiger partial charge >= 0.3 is 6.98 Å². The second-order valence-electron chi connectivity index (χ2n) is 6.08. The fraction of sp³-hybridized carbons (Fsp3) is 0.222. The molecule has 0 bridgehead atoms. The molecule has 3 nitrogen and oxygen atoms in total. The maximum atomic E-state index is 12.8.